The lowest BCUT2D eigenvalue weighted by atomic mass is 10.1. The molecule has 192 valence electrons. The average Bonchev–Trinajstić information content (AvgIpc) is 3.06. The maximum absolute atomic E-state index is 12.3. The zero-order chi connectivity index (χ0) is 26.2. The third kappa shape index (κ3) is 4.45. The molecule has 1 N–H and O–H groups in total. The van der Waals surface area contributed by atoms with Crippen LogP contribution in [0.25, 0.3) is 11.0 Å². The van der Waals surface area contributed by atoms with E-state index >= 15 is 0 Å². The van der Waals surface area contributed by atoms with Gasteiger partial charge in [0.15, 0.2) is 17.4 Å². The Kier molecular flexibility index (Phi) is 5.99. The molecule has 4 aromatic rings. The molecule has 2 aliphatic rings. The van der Waals surface area contributed by atoms with Crippen molar-refractivity contribution in [3.05, 3.63) is 72.8 Å². The summed E-state index contributed by atoms with van der Waals surface area (Å²) in [4.78, 5) is 34.4. The molecule has 10 nitrogen and oxygen atoms in total. The Hall–Kier alpha value is -4.73. The second-order valence-corrected chi connectivity index (χ2v) is 9.39. The number of pyridine rings is 2. The number of ether oxygens (including phenoxy) is 2. The van der Waals surface area contributed by atoms with Gasteiger partial charge in [-0.3, -0.25) is 9.78 Å². The van der Waals surface area contributed by atoms with Gasteiger partial charge in [0.05, 0.1) is 17.8 Å². The predicted octanol–water partition coefficient (Wildman–Crippen LogP) is 4.17. The third-order valence-corrected chi connectivity index (χ3v) is 6.78. The van der Waals surface area contributed by atoms with Gasteiger partial charge in [-0.15, -0.1) is 0 Å². The topological polar surface area (TPSA) is 106 Å². The minimum absolute atomic E-state index is 0.0744. The summed E-state index contributed by atoms with van der Waals surface area (Å²) < 4.78 is 12.1. The summed E-state index contributed by atoms with van der Waals surface area (Å²) in [5.41, 5.74) is 4.05. The number of benzene rings is 1. The van der Waals surface area contributed by atoms with Gasteiger partial charge < -0.3 is 24.6 Å². The van der Waals surface area contributed by atoms with Gasteiger partial charge in [-0.2, -0.15) is 0 Å². The Morgan fingerprint density at radius 2 is 2.05 bits per heavy atom. The summed E-state index contributed by atoms with van der Waals surface area (Å²) in [6.07, 6.45) is 4.58. The van der Waals surface area contributed by atoms with Crippen LogP contribution < -0.4 is 19.7 Å². The zero-order valence-electron chi connectivity index (χ0n) is 21.2. The number of amides is 1. The van der Waals surface area contributed by atoms with E-state index in [-0.39, 0.29) is 11.9 Å². The summed E-state index contributed by atoms with van der Waals surface area (Å²) in [5, 5.41) is 3.39. The number of carbonyl (C=O) groups excluding carboxylic acids is 1. The maximum atomic E-state index is 12.3. The largest absolute Gasteiger partial charge is 0.487 e. The van der Waals surface area contributed by atoms with Crippen LogP contribution in [0.2, 0.25) is 0 Å². The normalized spacial score (nSPS) is 16.3. The van der Waals surface area contributed by atoms with E-state index < -0.39 is 0 Å². The van der Waals surface area contributed by atoms with E-state index in [1.165, 1.54) is 12.4 Å². The number of hydrogen-bond acceptors (Lipinski definition) is 9. The summed E-state index contributed by atoms with van der Waals surface area (Å²) in [5.74, 6) is 3.33. The lowest BCUT2D eigenvalue weighted by molar-refractivity contribution is -0.129. The molecule has 6 rings (SSSR count). The first-order valence-electron chi connectivity index (χ1n) is 12.4. The highest BCUT2D eigenvalue weighted by Crippen LogP contribution is 2.36. The highest BCUT2D eigenvalue weighted by Gasteiger charge is 2.34. The Balaban J connectivity index is 1.27. The summed E-state index contributed by atoms with van der Waals surface area (Å²) in [6.45, 7) is 9.82. The Bertz CT molecular complexity index is 1540. The van der Waals surface area contributed by atoms with Crippen molar-refractivity contribution in [3.8, 4) is 17.2 Å². The van der Waals surface area contributed by atoms with Crippen LogP contribution in [0.5, 0.6) is 17.2 Å². The molecule has 0 spiro atoms. The number of fused-ring (bicyclic) bond motifs is 5. The number of rotatable bonds is 5. The van der Waals surface area contributed by atoms with Crippen LogP contribution in [-0.4, -0.2) is 63.0 Å². The van der Waals surface area contributed by atoms with Crippen LogP contribution in [0.1, 0.15) is 11.3 Å². The Morgan fingerprint density at radius 3 is 2.84 bits per heavy atom. The SMILES string of the molecule is C=CC(=O)N1CCN2CC1COc1cc3ncnc(Nc4ccc(Oc5ccc(C)nc5)c(C)c4)c3nc12. The summed E-state index contributed by atoms with van der Waals surface area (Å²) in [7, 11) is 0. The van der Waals surface area contributed by atoms with Gasteiger partial charge in [0.1, 0.15) is 29.9 Å². The number of aryl methyl sites for hydroxylation is 2. The Labute approximate surface area is 220 Å². The summed E-state index contributed by atoms with van der Waals surface area (Å²) >= 11 is 0. The van der Waals surface area contributed by atoms with E-state index in [1.807, 2.05) is 55.1 Å². The quantitative estimate of drug-likeness (QED) is 0.397. The molecule has 1 unspecified atom stereocenters. The van der Waals surface area contributed by atoms with Crippen LogP contribution >= 0.6 is 0 Å². The zero-order valence-corrected chi connectivity index (χ0v) is 21.2. The van der Waals surface area contributed by atoms with Crippen molar-refractivity contribution in [3.63, 3.8) is 0 Å². The number of anilines is 3. The first-order valence-corrected chi connectivity index (χ1v) is 12.4. The molecule has 0 aliphatic carbocycles. The van der Waals surface area contributed by atoms with Crippen LogP contribution in [0.15, 0.2) is 61.6 Å². The number of aromatic nitrogens is 4. The first kappa shape index (κ1) is 23.7. The van der Waals surface area contributed by atoms with E-state index in [1.54, 1.807) is 6.20 Å². The first-order chi connectivity index (χ1) is 18.5. The number of piperazine rings is 1. The fraction of sp³-hybridized carbons (Fsp3) is 0.250. The van der Waals surface area contributed by atoms with E-state index in [2.05, 4.69) is 31.7 Å². The molecule has 38 heavy (non-hydrogen) atoms. The van der Waals surface area contributed by atoms with E-state index in [0.29, 0.717) is 54.6 Å². The van der Waals surface area contributed by atoms with Crippen molar-refractivity contribution >= 4 is 34.3 Å². The molecule has 0 radical (unpaired) electrons. The van der Waals surface area contributed by atoms with Crippen molar-refractivity contribution in [1.82, 2.24) is 24.8 Å². The second kappa shape index (κ2) is 9.62. The molecule has 2 aliphatic heterocycles. The lowest BCUT2D eigenvalue weighted by Crippen LogP contribution is -2.56. The molecule has 1 amide bonds. The molecule has 10 heteroatoms. The van der Waals surface area contributed by atoms with Crippen molar-refractivity contribution in [1.29, 1.82) is 0 Å². The van der Waals surface area contributed by atoms with Crippen LogP contribution in [0.4, 0.5) is 17.3 Å². The number of hydrogen-bond donors (Lipinski definition) is 1. The summed E-state index contributed by atoms with van der Waals surface area (Å²) in [6, 6.07) is 11.5. The molecule has 1 aromatic carbocycles. The van der Waals surface area contributed by atoms with Crippen molar-refractivity contribution in [2.45, 2.75) is 19.9 Å². The predicted molar refractivity (Wildman–Crippen MR) is 144 cm³/mol. The van der Waals surface area contributed by atoms with Gasteiger partial charge in [-0.25, -0.2) is 15.0 Å². The molecule has 2 bridgehead atoms. The monoisotopic (exact) mass is 509 g/mol. The standard InChI is InChI=1S/C28H27N7O3/c1-4-25(36)35-10-9-34-14-20(35)15-37-24-12-22-26(33-28(24)34)27(31-16-30-22)32-19-6-8-23(17(2)11-19)38-21-7-5-18(3)29-13-21/h4-8,11-13,16,20H,1,9-10,14-15H2,2-3H3,(H,30,31,32). The highest BCUT2D eigenvalue weighted by molar-refractivity contribution is 5.90. The van der Waals surface area contributed by atoms with Crippen LogP contribution in [-0.2, 0) is 4.79 Å². The van der Waals surface area contributed by atoms with Crippen LogP contribution in [0.3, 0.4) is 0 Å². The van der Waals surface area contributed by atoms with Crippen LogP contribution in [0, 0.1) is 13.8 Å². The van der Waals surface area contributed by atoms with Gasteiger partial charge in [-0.1, -0.05) is 6.58 Å². The highest BCUT2D eigenvalue weighted by atomic mass is 16.5. The number of nitrogens with zero attached hydrogens (tertiary/aromatic N) is 6. The van der Waals surface area contributed by atoms with E-state index in [9.17, 15) is 4.79 Å². The molecule has 1 saturated heterocycles. The molecule has 0 saturated carbocycles. The third-order valence-electron chi connectivity index (χ3n) is 6.78. The average molecular weight is 510 g/mol. The van der Waals surface area contributed by atoms with Gasteiger partial charge >= 0.3 is 0 Å². The van der Waals surface area contributed by atoms with E-state index in [0.717, 1.165) is 28.5 Å². The van der Waals surface area contributed by atoms with Gasteiger partial charge in [0.2, 0.25) is 5.91 Å². The van der Waals surface area contributed by atoms with Crippen molar-refractivity contribution in [2.24, 2.45) is 0 Å². The van der Waals surface area contributed by atoms with Crippen molar-refractivity contribution < 1.29 is 14.3 Å². The minimum atomic E-state index is -0.0816. The second-order valence-electron chi connectivity index (χ2n) is 9.39. The molecule has 3 aromatic heterocycles. The maximum Gasteiger partial charge on any atom is 0.246 e. The van der Waals surface area contributed by atoms with E-state index in [4.69, 9.17) is 14.5 Å². The van der Waals surface area contributed by atoms with Gasteiger partial charge in [0.25, 0.3) is 0 Å². The molecule has 1 fully saturated rings. The van der Waals surface area contributed by atoms with Gasteiger partial charge in [0, 0.05) is 37.1 Å². The molecular weight excluding hydrogens is 482 g/mol. The minimum Gasteiger partial charge on any atom is -0.487 e. The van der Waals surface area contributed by atoms with Crippen molar-refractivity contribution in [2.75, 3.05) is 36.5 Å². The smallest absolute Gasteiger partial charge is 0.246 e. The fourth-order valence-corrected chi connectivity index (χ4v) is 4.79. The lowest BCUT2D eigenvalue weighted by Gasteiger charge is -2.39. The molecule has 1 atom stereocenters. The number of carbonyl (C=O) groups is 1. The van der Waals surface area contributed by atoms with Gasteiger partial charge in [-0.05, 0) is 55.8 Å². The number of nitrogens with one attached hydrogen (secondary N) is 1. The fourth-order valence-electron chi connectivity index (χ4n) is 4.79. The Morgan fingerprint density at radius 1 is 1.16 bits per heavy atom. The molecule has 5 heterocycles. The molecular formula is C28H27N7O3.